The first-order chi connectivity index (χ1) is 8.72. The SMILES string of the molecule is C[C@H]1C[C@@H](O)[C@@H](COC2Sc3ccccc3S2)O1. The molecule has 0 amide bonds. The Balaban J connectivity index is 1.51. The summed E-state index contributed by atoms with van der Waals surface area (Å²) in [5.74, 6) is 0. The normalized spacial score (nSPS) is 31.8. The molecule has 0 radical (unpaired) electrons. The molecule has 0 aliphatic carbocycles. The van der Waals surface area contributed by atoms with Crippen LogP contribution in [-0.2, 0) is 9.47 Å². The van der Waals surface area contributed by atoms with Gasteiger partial charge in [0.15, 0.2) is 4.77 Å². The topological polar surface area (TPSA) is 38.7 Å². The molecule has 98 valence electrons. The molecule has 1 aromatic rings. The third-order valence-electron chi connectivity index (χ3n) is 3.10. The monoisotopic (exact) mass is 284 g/mol. The van der Waals surface area contributed by atoms with Crippen LogP contribution in [0.4, 0.5) is 0 Å². The molecule has 1 N–H and O–H groups in total. The molecule has 1 saturated heterocycles. The summed E-state index contributed by atoms with van der Waals surface area (Å²) < 4.78 is 11.5. The first-order valence-corrected chi connectivity index (χ1v) is 7.86. The van der Waals surface area contributed by atoms with Crippen LogP contribution in [0.2, 0.25) is 0 Å². The molecule has 0 spiro atoms. The molecule has 0 unspecified atom stereocenters. The Labute approximate surface area is 115 Å². The summed E-state index contributed by atoms with van der Waals surface area (Å²) in [6.07, 6.45) is 0.275. The summed E-state index contributed by atoms with van der Waals surface area (Å²) in [4.78, 5) is 2.54. The van der Waals surface area contributed by atoms with Crippen LogP contribution in [0.1, 0.15) is 13.3 Å². The lowest BCUT2D eigenvalue weighted by molar-refractivity contribution is -0.0353. The first-order valence-electron chi connectivity index (χ1n) is 6.10. The van der Waals surface area contributed by atoms with Crippen molar-refractivity contribution in [1.82, 2.24) is 0 Å². The van der Waals surface area contributed by atoms with Gasteiger partial charge in [-0.15, -0.1) is 0 Å². The van der Waals surface area contributed by atoms with Crippen LogP contribution in [0, 0.1) is 0 Å². The van der Waals surface area contributed by atoms with Gasteiger partial charge in [0, 0.05) is 16.2 Å². The predicted molar refractivity (Wildman–Crippen MR) is 72.9 cm³/mol. The van der Waals surface area contributed by atoms with Gasteiger partial charge in [0.25, 0.3) is 0 Å². The van der Waals surface area contributed by atoms with Crippen molar-refractivity contribution < 1.29 is 14.6 Å². The van der Waals surface area contributed by atoms with E-state index in [0.29, 0.717) is 13.0 Å². The number of aliphatic hydroxyl groups is 1. The van der Waals surface area contributed by atoms with Gasteiger partial charge in [-0.25, -0.2) is 0 Å². The smallest absolute Gasteiger partial charge is 0.158 e. The van der Waals surface area contributed by atoms with Gasteiger partial charge in [-0.05, 0) is 19.1 Å². The van der Waals surface area contributed by atoms with Crippen molar-refractivity contribution in [2.45, 2.75) is 46.2 Å². The zero-order chi connectivity index (χ0) is 12.5. The molecule has 3 atom stereocenters. The number of benzene rings is 1. The lowest BCUT2D eigenvalue weighted by Gasteiger charge is -2.17. The van der Waals surface area contributed by atoms with Gasteiger partial charge in [-0.2, -0.15) is 0 Å². The summed E-state index contributed by atoms with van der Waals surface area (Å²) in [6, 6.07) is 8.30. The van der Waals surface area contributed by atoms with Crippen LogP contribution in [0.25, 0.3) is 0 Å². The van der Waals surface area contributed by atoms with Gasteiger partial charge >= 0.3 is 0 Å². The molecule has 0 bridgehead atoms. The number of hydrogen-bond donors (Lipinski definition) is 1. The Bertz CT molecular complexity index is 401. The second-order valence-electron chi connectivity index (χ2n) is 4.59. The highest BCUT2D eigenvalue weighted by molar-refractivity contribution is 8.19. The molecule has 2 aliphatic rings. The van der Waals surface area contributed by atoms with E-state index in [1.807, 2.05) is 19.1 Å². The Morgan fingerprint density at radius 2 is 2.00 bits per heavy atom. The standard InChI is InChI=1S/C13H16O3S2/c1-8-6-9(14)10(16-8)7-15-13-17-11-4-2-3-5-12(11)18-13/h2-5,8-10,13-14H,6-7H2,1H3/t8-,9+,10+/m0/s1. The van der Waals surface area contributed by atoms with E-state index < -0.39 is 6.10 Å². The molecule has 1 fully saturated rings. The molecule has 3 nitrogen and oxygen atoms in total. The van der Waals surface area contributed by atoms with Crippen LogP contribution < -0.4 is 0 Å². The fourth-order valence-electron chi connectivity index (χ4n) is 2.20. The summed E-state index contributed by atoms with van der Waals surface area (Å²) in [5.41, 5.74) is 0. The first kappa shape index (κ1) is 12.8. The van der Waals surface area contributed by atoms with Gasteiger partial charge < -0.3 is 14.6 Å². The van der Waals surface area contributed by atoms with Crippen molar-refractivity contribution in [2.24, 2.45) is 0 Å². The largest absolute Gasteiger partial charge is 0.390 e. The van der Waals surface area contributed by atoms with Crippen LogP contribution in [0.3, 0.4) is 0 Å². The van der Waals surface area contributed by atoms with Crippen molar-refractivity contribution >= 4 is 23.5 Å². The number of rotatable bonds is 3. The van der Waals surface area contributed by atoms with Gasteiger partial charge in [0.2, 0.25) is 0 Å². The summed E-state index contributed by atoms with van der Waals surface area (Å²) in [6.45, 7) is 2.45. The molecule has 18 heavy (non-hydrogen) atoms. The average molecular weight is 284 g/mol. The highest BCUT2D eigenvalue weighted by atomic mass is 32.2. The van der Waals surface area contributed by atoms with E-state index in [4.69, 9.17) is 9.47 Å². The van der Waals surface area contributed by atoms with Crippen LogP contribution >= 0.6 is 23.5 Å². The van der Waals surface area contributed by atoms with Crippen molar-refractivity contribution in [2.75, 3.05) is 6.61 Å². The molecule has 0 saturated carbocycles. The Morgan fingerprint density at radius 1 is 1.33 bits per heavy atom. The van der Waals surface area contributed by atoms with Crippen LogP contribution in [0.15, 0.2) is 34.1 Å². The number of aliphatic hydroxyl groups excluding tert-OH is 1. The average Bonchev–Trinajstić information content (AvgIpc) is 2.89. The van der Waals surface area contributed by atoms with Gasteiger partial charge in [-0.1, -0.05) is 35.7 Å². The molecular formula is C13H16O3S2. The maximum Gasteiger partial charge on any atom is 0.158 e. The minimum atomic E-state index is -0.390. The molecule has 0 aromatic heterocycles. The second kappa shape index (κ2) is 5.43. The molecule has 2 heterocycles. The van der Waals surface area contributed by atoms with Crippen molar-refractivity contribution in [1.29, 1.82) is 0 Å². The minimum absolute atomic E-state index is 0.0779. The molecule has 3 rings (SSSR count). The Morgan fingerprint density at radius 3 is 2.56 bits per heavy atom. The van der Waals surface area contributed by atoms with Crippen molar-refractivity contribution in [3.63, 3.8) is 0 Å². The van der Waals surface area contributed by atoms with Gasteiger partial charge in [0.1, 0.15) is 6.10 Å². The second-order valence-corrected chi connectivity index (χ2v) is 7.10. The third kappa shape index (κ3) is 2.70. The minimum Gasteiger partial charge on any atom is -0.390 e. The number of hydrogen-bond acceptors (Lipinski definition) is 5. The predicted octanol–water partition coefficient (Wildman–Crippen LogP) is 2.72. The highest BCUT2D eigenvalue weighted by Crippen LogP contribution is 2.48. The molecule has 5 heteroatoms. The van der Waals surface area contributed by atoms with E-state index in [1.165, 1.54) is 9.79 Å². The maximum absolute atomic E-state index is 9.79. The van der Waals surface area contributed by atoms with Crippen molar-refractivity contribution in [3.8, 4) is 0 Å². The lowest BCUT2D eigenvalue weighted by Crippen LogP contribution is -2.27. The van der Waals surface area contributed by atoms with E-state index in [0.717, 1.165) is 0 Å². The maximum atomic E-state index is 9.79. The third-order valence-corrected chi connectivity index (χ3v) is 5.69. The van der Waals surface area contributed by atoms with Crippen LogP contribution in [-0.4, -0.2) is 34.8 Å². The molecule has 1 aromatic carbocycles. The number of thioether (sulfide) groups is 2. The summed E-state index contributed by atoms with van der Waals surface area (Å²) in [7, 11) is 0. The highest BCUT2D eigenvalue weighted by Gasteiger charge is 2.33. The van der Waals surface area contributed by atoms with Gasteiger partial charge in [-0.3, -0.25) is 0 Å². The molecule has 2 aliphatic heterocycles. The lowest BCUT2D eigenvalue weighted by atomic mass is 10.1. The fraction of sp³-hybridized carbons (Fsp3) is 0.538. The van der Waals surface area contributed by atoms with E-state index in [2.05, 4.69) is 12.1 Å². The Hall–Kier alpha value is -0.200. The van der Waals surface area contributed by atoms with Gasteiger partial charge in [0.05, 0.1) is 18.8 Å². The summed E-state index contributed by atoms with van der Waals surface area (Å²) >= 11 is 3.45. The fourth-order valence-corrected chi connectivity index (χ4v) is 4.70. The molecular weight excluding hydrogens is 268 g/mol. The van der Waals surface area contributed by atoms with Crippen molar-refractivity contribution in [3.05, 3.63) is 24.3 Å². The summed E-state index contributed by atoms with van der Waals surface area (Å²) in [5, 5.41) is 9.79. The van der Waals surface area contributed by atoms with E-state index in [-0.39, 0.29) is 17.0 Å². The Kier molecular flexibility index (Phi) is 3.86. The number of ether oxygens (including phenoxy) is 2. The zero-order valence-electron chi connectivity index (χ0n) is 10.1. The quantitative estimate of drug-likeness (QED) is 0.924. The number of fused-ring (bicyclic) bond motifs is 1. The zero-order valence-corrected chi connectivity index (χ0v) is 11.7. The van der Waals surface area contributed by atoms with Crippen LogP contribution in [0.5, 0.6) is 0 Å². The van der Waals surface area contributed by atoms with E-state index in [9.17, 15) is 5.11 Å². The van der Waals surface area contributed by atoms with E-state index in [1.54, 1.807) is 23.5 Å². The van der Waals surface area contributed by atoms with E-state index >= 15 is 0 Å².